The van der Waals surface area contributed by atoms with E-state index in [1.807, 2.05) is 17.0 Å². The van der Waals surface area contributed by atoms with E-state index in [4.69, 9.17) is 4.74 Å². The molecule has 0 radical (unpaired) electrons. The summed E-state index contributed by atoms with van der Waals surface area (Å²) in [6.07, 6.45) is 0.806. The van der Waals surface area contributed by atoms with E-state index < -0.39 is 0 Å². The fraction of sp³-hybridized carbons (Fsp3) is 0.182. The van der Waals surface area contributed by atoms with E-state index in [1.54, 1.807) is 17.5 Å². The van der Waals surface area contributed by atoms with Gasteiger partial charge >= 0.3 is 0 Å². The van der Waals surface area contributed by atoms with E-state index >= 15 is 0 Å². The molecule has 1 aliphatic rings. The highest BCUT2D eigenvalue weighted by molar-refractivity contribution is 7.09. The lowest BCUT2D eigenvalue weighted by Gasteiger charge is -2.26. The Morgan fingerprint density at radius 3 is 2.90 bits per heavy atom. The zero-order chi connectivity index (χ0) is 19.8. The largest absolute Gasteiger partial charge is 0.486 e. The van der Waals surface area contributed by atoms with Crippen molar-refractivity contribution in [3.8, 4) is 5.75 Å². The Morgan fingerprint density at radius 2 is 2.03 bits per heavy atom. The third-order valence-corrected chi connectivity index (χ3v) is 5.94. The molecule has 2 aromatic carbocycles. The number of thiazole rings is 1. The van der Waals surface area contributed by atoms with E-state index in [2.05, 4.69) is 22.1 Å². The normalized spacial score (nSPS) is 13.5. The molecule has 0 bridgehead atoms. The van der Waals surface area contributed by atoms with Gasteiger partial charge < -0.3 is 14.6 Å². The molecular formula is C22H18FN3O2S. The van der Waals surface area contributed by atoms with Gasteiger partial charge in [-0.2, -0.15) is 0 Å². The number of hydrogen-bond donors (Lipinski definition) is 1. The van der Waals surface area contributed by atoms with Gasteiger partial charge in [-0.15, -0.1) is 11.3 Å². The smallest absolute Gasteiger partial charge is 0.273 e. The summed E-state index contributed by atoms with van der Waals surface area (Å²) in [6.45, 7) is 1.49. The molecule has 0 fully saturated rings. The van der Waals surface area contributed by atoms with Gasteiger partial charge in [-0.25, -0.2) is 9.37 Å². The molecule has 2 aromatic heterocycles. The maximum absolute atomic E-state index is 13.0. The number of nitrogens with zero attached hydrogens (tertiary/aromatic N) is 2. The second kappa shape index (κ2) is 7.33. The topological polar surface area (TPSA) is 58.2 Å². The number of aromatic nitrogens is 2. The number of nitrogens with one attached hydrogen (secondary N) is 1. The number of carbonyl (C=O) groups excluding carboxylic acids is 1. The minimum Gasteiger partial charge on any atom is -0.486 e. The lowest BCUT2D eigenvalue weighted by molar-refractivity contribution is 0.0729. The van der Waals surface area contributed by atoms with Crippen LogP contribution in [-0.2, 0) is 19.6 Å². The predicted molar refractivity (Wildman–Crippen MR) is 110 cm³/mol. The number of hydrogen-bond acceptors (Lipinski definition) is 4. The number of amides is 1. The van der Waals surface area contributed by atoms with Crippen molar-refractivity contribution >= 4 is 28.1 Å². The summed E-state index contributed by atoms with van der Waals surface area (Å²) in [5.74, 6) is 0.196. The number of rotatable bonds is 4. The van der Waals surface area contributed by atoms with Crippen molar-refractivity contribution in [2.24, 2.45) is 0 Å². The molecule has 7 heteroatoms. The van der Waals surface area contributed by atoms with E-state index in [0.717, 1.165) is 11.9 Å². The zero-order valence-electron chi connectivity index (χ0n) is 15.5. The Kier molecular flexibility index (Phi) is 4.52. The van der Waals surface area contributed by atoms with Gasteiger partial charge in [0.25, 0.3) is 5.91 Å². The van der Waals surface area contributed by atoms with Crippen LogP contribution >= 0.6 is 11.3 Å². The van der Waals surface area contributed by atoms with Crippen molar-refractivity contribution in [1.82, 2.24) is 14.9 Å². The number of fused-ring (bicyclic) bond motifs is 3. The molecule has 3 heterocycles. The fourth-order valence-electron chi connectivity index (χ4n) is 3.65. The average molecular weight is 407 g/mol. The molecule has 4 aromatic rings. The third-order valence-electron chi connectivity index (χ3n) is 5.12. The van der Waals surface area contributed by atoms with Crippen molar-refractivity contribution < 1.29 is 13.9 Å². The lowest BCUT2D eigenvalue weighted by Crippen LogP contribution is -2.36. The summed E-state index contributed by atoms with van der Waals surface area (Å²) in [4.78, 5) is 22.7. The standard InChI is InChI=1S/C22H18FN3O2S/c23-14-5-7-15(8-6-14)28-12-21-25-20(13-29-21)22(27)26-10-9-19-17(11-26)16-3-1-2-4-18(16)24-19/h1-8,13,24H,9-12H2. The molecule has 0 spiro atoms. The number of para-hydroxylation sites is 1. The van der Waals surface area contributed by atoms with Crippen LogP contribution in [0.15, 0.2) is 53.9 Å². The number of halogens is 1. The van der Waals surface area contributed by atoms with Crippen molar-refractivity contribution in [3.05, 3.63) is 81.7 Å². The first-order valence-electron chi connectivity index (χ1n) is 9.38. The molecule has 5 rings (SSSR count). The molecule has 146 valence electrons. The van der Waals surface area contributed by atoms with Crippen LogP contribution < -0.4 is 4.74 Å². The summed E-state index contributed by atoms with van der Waals surface area (Å²) >= 11 is 1.39. The molecule has 5 nitrogen and oxygen atoms in total. The van der Waals surface area contributed by atoms with E-state index in [-0.39, 0.29) is 18.3 Å². The van der Waals surface area contributed by atoms with Crippen LogP contribution in [0.25, 0.3) is 10.9 Å². The second-order valence-corrected chi connectivity index (χ2v) is 7.92. The summed E-state index contributed by atoms with van der Waals surface area (Å²) in [6, 6.07) is 14.0. The molecule has 0 saturated carbocycles. The highest BCUT2D eigenvalue weighted by Gasteiger charge is 2.26. The molecule has 1 amide bonds. The van der Waals surface area contributed by atoms with Crippen LogP contribution in [-0.4, -0.2) is 27.3 Å². The van der Waals surface area contributed by atoms with Gasteiger partial charge in [-0.3, -0.25) is 4.79 Å². The van der Waals surface area contributed by atoms with Crippen LogP contribution in [0.2, 0.25) is 0 Å². The minimum absolute atomic E-state index is 0.0646. The third kappa shape index (κ3) is 3.49. The predicted octanol–water partition coefficient (Wildman–Crippen LogP) is 4.54. The van der Waals surface area contributed by atoms with Gasteiger partial charge in [0, 0.05) is 47.1 Å². The number of ether oxygens (including phenoxy) is 1. The van der Waals surface area contributed by atoms with E-state index in [9.17, 15) is 9.18 Å². The van der Waals surface area contributed by atoms with Crippen LogP contribution in [0.3, 0.4) is 0 Å². The van der Waals surface area contributed by atoms with Crippen LogP contribution in [0.5, 0.6) is 5.75 Å². The highest BCUT2D eigenvalue weighted by Crippen LogP contribution is 2.28. The van der Waals surface area contributed by atoms with Crippen molar-refractivity contribution in [2.45, 2.75) is 19.6 Å². The van der Waals surface area contributed by atoms with Crippen molar-refractivity contribution in [1.29, 1.82) is 0 Å². The zero-order valence-corrected chi connectivity index (χ0v) is 16.3. The first-order chi connectivity index (χ1) is 14.2. The molecule has 1 aliphatic heterocycles. The average Bonchev–Trinajstić information content (AvgIpc) is 3.37. The number of benzene rings is 2. The van der Waals surface area contributed by atoms with Gasteiger partial charge in [0.2, 0.25) is 0 Å². The SMILES string of the molecule is O=C(c1csc(COc2ccc(F)cc2)n1)N1CCc2[nH]c3ccccc3c2C1. The Bertz CT molecular complexity index is 1180. The molecular weight excluding hydrogens is 389 g/mol. The van der Waals surface area contributed by atoms with Crippen LogP contribution in [0.1, 0.15) is 26.8 Å². The molecule has 0 aliphatic carbocycles. The molecule has 29 heavy (non-hydrogen) atoms. The molecule has 0 saturated heterocycles. The maximum Gasteiger partial charge on any atom is 0.273 e. The first-order valence-corrected chi connectivity index (χ1v) is 10.3. The number of carbonyl (C=O) groups is 1. The van der Waals surface area contributed by atoms with E-state index in [1.165, 1.54) is 40.1 Å². The highest BCUT2D eigenvalue weighted by atomic mass is 32.1. The fourth-order valence-corrected chi connectivity index (χ4v) is 4.33. The second-order valence-electron chi connectivity index (χ2n) is 6.97. The van der Waals surface area contributed by atoms with Gasteiger partial charge in [0.15, 0.2) is 0 Å². The van der Waals surface area contributed by atoms with Gasteiger partial charge in [-0.1, -0.05) is 18.2 Å². The Morgan fingerprint density at radius 1 is 1.21 bits per heavy atom. The van der Waals surface area contributed by atoms with Gasteiger partial charge in [0.1, 0.15) is 28.9 Å². The molecule has 1 N–H and O–H groups in total. The summed E-state index contributed by atoms with van der Waals surface area (Å²) in [7, 11) is 0. The maximum atomic E-state index is 13.0. The molecule has 0 atom stereocenters. The van der Waals surface area contributed by atoms with Crippen molar-refractivity contribution in [3.63, 3.8) is 0 Å². The monoisotopic (exact) mass is 407 g/mol. The van der Waals surface area contributed by atoms with Gasteiger partial charge in [-0.05, 0) is 30.3 Å². The number of H-pyrrole nitrogens is 1. The van der Waals surface area contributed by atoms with Crippen LogP contribution in [0, 0.1) is 5.82 Å². The summed E-state index contributed by atoms with van der Waals surface area (Å²) in [5.41, 5.74) is 3.95. The van der Waals surface area contributed by atoms with Crippen LogP contribution in [0.4, 0.5) is 4.39 Å². The Hall–Kier alpha value is -3.19. The first kappa shape index (κ1) is 17.9. The van der Waals surface area contributed by atoms with Gasteiger partial charge in [0.05, 0.1) is 0 Å². The molecule has 0 unspecified atom stereocenters. The minimum atomic E-state index is -0.306. The summed E-state index contributed by atoms with van der Waals surface area (Å²) in [5, 5.41) is 3.66. The number of aromatic amines is 1. The van der Waals surface area contributed by atoms with E-state index in [0.29, 0.717) is 29.5 Å². The summed E-state index contributed by atoms with van der Waals surface area (Å²) < 4.78 is 18.6. The van der Waals surface area contributed by atoms with Crippen molar-refractivity contribution in [2.75, 3.05) is 6.54 Å². The quantitative estimate of drug-likeness (QED) is 0.540. The Balaban J connectivity index is 1.28. The Labute approximate surface area is 170 Å². The lowest BCUT2D eigenvalue weighted by atomic mass is 10.0.